The van der Waals surface area contributed by atoms with E-state index in [1.54, 1.807) is 12.1 Å². The van der Waals surface area contributed by atoms with Crippen LogP contribution in [0.25, 0.3) is 0 Å². The van der Waals surface area contributed by atoms with Gasteiger partial charge in [0.25, 0.3) is 0 Å². The summed E-state index contributed by atoms with van der Waals surface area (Å²) in [5, 5.41) is 12.4. The fourth-order valence-corrected chi connectivity index (χ4v) is 2.70. The quantitative estimate of drug-likeness (QED) is 0.867. The zero-order valence-electron chi connectivity index (χ0n) is 10.6. The Kier molecular flexibility index (Phi) is 2.93. The molecule has 3 rings (SSSR count). The van der Waals surface area contributed by atoms with E-state index in [2.05, 4.69) is 10.2 Å². The van der Waals surface area contributed by atoms with E-state index in [0.717, 1.165) is 38.0 Å². The maximum absolute atomic E-state index is 12.9. The summed E-state index contributed by atoms with van der Waals surface area (Å²) < 4.78 is 12.9. The van der Waals surface area contributed by atoms with Crippen LogP contribution >= 0.6 is 0 Å². The maximum atomic E-state index is 12.9. The number of aliphatic carboxylic acids is 1. The van der Waals surface area contributed by atoms with Crippen molar-refractivity contribution in [2.24, 2.45) is 0 Å². The summed E-state index contributed by atoms with van der Waals surface area (Å²) in [7, 11) is 0. The molecular formula is C14H17FN2O2. The monoisotopic (exact) mass is 264 g/mol. The van der Waals surface area contributed by atoms with Crippen LogP contribution in [-0.2, 0) is 4.79 Å². The van der Waals surface area contributed by atoms with Gasteiger partial charge in [0.1, 0.15) is 11.4 Å². The first-order valence-corrected chi connectivity index (χ1v) is 6.61. The lowest BCUT2D eigenvalue weighted by molar-refractivity contribution is -0.140. The van der Waals surface area contributed by atoms with Crippen LogP contribution in [0.1, 0.15) is 19.3 Å². The first-order chi connectivity index (χ1) is 9.09. The number of carboxylic acid groups (broad SMARTS) is 1. The van der Waals surface area contributed by atoms with Gasteiger partial charge in [-0.05, 0) is 43.5 Å². The van der Waals surface area contributed by atoms with Crippen LogP contribution in [-0.4, -0.2) is 35.7 Å². The van der Waals surface area contributed by atoms with Crippen molar-refractivity contribution in [3.8, 4) is 0 Å². The van der Waals surface area contributed by atoms with E-state index in [1.807, 2.05) is 0 Å². The number of benzene rings is 1. The Labute approximate surface area is 111 Å². The van der Waals surface area contributed by atoms with Gasteiger partial charge < -0.3 is 10.0 Å². The molecule has 0 spiro atoms. The Hall–Kier alpha value is -1.62. The van der Waals surface area contributed by atoms with Crippen molar-refractivity contribution < 1.29 is 14.3 Å². The van der Waals surface area contributed by atoms with Crippen molar-refractivity contribution in [1.29, 1.82) is 0 Å². The summed E-state index contributed by atoms with van der Waals surface area (Å²) in [6.45, 7) is 1.65. The number of hydrogen-bond donors (Lipinski definition) is 2. The Balaban J connectivity index is 1.61. The number of hydrogen-bond acceptors (Lipinski definition) is 3. The lowest BCUT2D eigenvalue weighted by atomic mass is 10.2. The first kappa shape index (κ1) is 12.4. The molecule has 102 valence electrons. The maximum Gasteiger partial charge on any atom is 0.323 e. The summed E-state index contributed by atoms with van der Waals surface area (Å²) in [6.07, 6.45) is 2.36. The molecule has 0 aromatic heterocycles. The van der Waals surface area contributed by atoms with E-state index in [9.17, 15) is 9.18 Å². The Morgan fingerprint density at radius 2 is 2.05 bits per heavy atom. The number of carbonyl (C=O) groups is 1. The molecule has 1 saturated carbocycles. The molecule has 1 aliphatic carbocycles. The van der Waals surface area contributed by atoms with Crippen LogP contribution in [0.3, 0.4) is 0 Å². The molecule has 4 nitrogen and oxygen atoms in total. The van der Waals surface area contributed by atoms with Gasteiger partial charge in [-0.15, -0.1) is 0 Å². The minimum Gasteiger partial charge on any atom is -0.480 e. The minimum atomic E-state index is -0.743. The third kappa shape index (κ3) is 2.42. The van der Waals surface area contributed by atoms with Crippen LogP contribution in [0.15, 0.2) is 24.3 Å². The molecule has 5 heteroatoms. The predicted molar refractivity (Wildman–Crippen MR) is 69.8 cm³/mol. The summed E-state index contributed by atoms with van der Waals surface area (Å²) in [5.74, 6) is -0.979. The van der Waals surface area contributed by atoms with Gasteiger partial charge >= 0.3 is 5.97 Å². The number of rotatable bonds is 4. The van der Waals surface area contributed by atoms with Crippen molar-refractivity contribution >= 4 is 11.7 Å². The van der Waals surface area contributed by atoms with Gasteiger partial charge in [0.2, 0.25) is 0 Å². The second kappa shape index (κ2) is 4.49. The summed E-state index contributed by atoms with van der Waals surface area (Å²) in [5.41, 5.74) is 0.314. The highest BCUT2D eigenvalue weighted by Gasteiger charge is 2.51. The van der Waals surface area contributed by atoms with E-state index in [-0.39, 0.29) is 11.9 Å². The predicted octanol–water partition coefficient (Wildman–Crippen LogP) is 1.61. The van der Waals surface area contributed by atoms with Crippen LogP contribution in [0.2, 0.25) is 0 Å². The molecule has 1 unspecified atom stereocenters. The second-order valence-corrected chi connectivity index (χ2v) is 5.44. The minimum absolute atomic E-state index is 0.198. The van der Waals surface area contributed by atoms with Crippen LogP contribution in [0, 0.1) is 5.82 Å². The standard InChI is InChI=1S/C14H17FN2O2/c15-10-1-3-12(4-2-10)17-8-5-11(9-17)16-14(6-7-14)13(18)19/h1-4,11,16H,5-9H2,(H,18,19). The van der Waals surface area contributed by atoms with Gasteiger partial charge in [-0.2, -0.15) is 0 Å². The largest absolute Gasteiger partial charge is 0.480 e. The smallest absolute Gasteiger partial charge is 0.323 e. The average molecular weight is 264 g/mol. The summed E-state index contributed by atoms with van der Waals surface area (Å²) in [6, 6.07) is 6.64. The molecule has 1 saturated heterocycles. The van der Waals surface area contributed by atoms with Gasteiger partial charge in [0.15, 0.2) is 0 Å². The van der Waals surface area contributed by atoms with Crippen LogP contribution < -0.4 is 10.2 Å². The van der Waals surface area contributed by atoms with Gasteiger partial charge in [0, 0.05) is 24.8 Å². The Morgan fingerprint density at radius 3 is 2.63 bits per heavy atom. The summed E-state index contributed by atoms with van der Waals surface area (Å²) in [4.78, 5) is 13.3. The SMILES string of the molecule is O=C(O)C1(NC2CCN(c3ccc(F)cc3)C2)CC1. The highest BCUT2D eigenvalue weighted by Crippen LogP contribution is 2.37. The number of carboxylic acids is 1. The third-order valence-electron chi connectivity index (χ3n) is 4.02. The topological polar surface area (TPSA) is 52.6 Å². The zero-order valence-corrected chi connectivity index (χ0v) is 10.6. The first-order valence-electron chi connectivity index (χ1n) is 6.61. The molecule has 1 aromatic rings. The number of halogens is 1. The Bertz CT molecular complexity index is 485. The number of nitrogens with zero attached hydrogens (tertiary/aromatic N) is 1. The molecule has 1 aromatic carbocycles. The van der Waals surface area contributed by atoms with Crippen LogP contribution in [0.4, 0.5) is 10.1 Å². The third-order valence-corrected chi connectivity index (χ3v) is 4.02. The average Bonchev–Trinajstić information content (AvgIpc) is 3.02. The molecule has 1 aliphatic heterocycles. The van der Waals surface area contributed by atoms with Crippen molar-refractivity contribution in [3.63, 3.8) is 0 Å². The van der Waals surface area contributed by atoms with Gasteiger partial charge in [0.05, 0.1) is 0 Å². The second-order valence-electron chi connectivity index (χ2n) is 5.44. The fraction of sp³-hybridized carbons (Fsp3) is 0.500. The molecule has 19 heavy (non-hydrogen) atoms. The highest BCUT2D eigenvalue weighted by molar-refractivity contribution is 5.82. The lowest BCUT2D eigenvalue weighted by Crippen LogP contribution is -2.46. The molecule has 2 fully saturated rings. The Morgan fingerprint density at radius 1 is 1.37 bits per heavy atom. The fourth-order valence-electron chi connectivity index (χ4n) is 2.70. The van der Waals surface area contributed by atoms with E-state index in [1.165, 1.54) is 12.1 Å². The van der Waals surface area contributed by atoms with Crippen molar-refractivity contribution in [2.75, 3.05) is 18.0 Å². The normalized spacial score (nSPS) is 24.5. The van der Waals surface area contributed by atoms with E-state index >= 15 is 0 Å². The van der Waals surface area contributed by atoms with Gasteiger partial charge in [-0.1, -0.05) is 0 Å². The molecule has 1 heterocycles. The van der Waals surface area contributed by atoms with Crippen molar-refractivity contribution in [3.05, 3.63) is 30.1 Å². The molecular weight excluding hydrogens is 247 g/mol. The van der Waals surface area contributed by atoms with Crippen LogP contribution in [0.5, 0.6) is 0 Å². The molecule has 0 bridgehead atoms. The zero-order chi connectivity index (χ0) is 13.5. The van der Waals surface area contributed by atoms with E-state index < -0.39 is 11.5 Å². The molecule has 0 amide bonds. The number of anilines is 1. The molecule has 2 N–H and O–H groups in total. The summed E-state index contributed by atoms with van der Waals surface area (Å²) >= 11 is 0. The van der Waals surface area contributed by atoms with E-state index in [0.29, 0.717) is 0 Å². The molecule has 2 aliphatic rings. The number of nitrogens with one attached hydrogen (secondary N) is 1. The van der Waals surface area contributed by atoms with Crippen molar-refractivity contribution in [2.45, 2.75) is 30.8 Å². The van der Waals surface area contributed by atoms with E-state index in [4.69, 9.17) is 5.11 Å². The molecule has 1 atom stereocenters. The van der Waals surface area contributed by atoms with Crippen molar-refractivity contribution in [1.82, 2.24) is 5.32 Å². The van der Waals surface area contributed by atoms with Gasteiger partial charge in [-0.25, -0.2) is 4.39 Å². The van der Waals surface area contributed by atoms with Gasteiger partial charge in [-0.3, -0.25) is 10.1 Å². The highest BCUT2D eigenvalue weighted by atomic mass is 19.1. The lowest BCUT2D eigenvalue weighted by Gasteiger charge is -2.21. The molecule has 0 radical (unpaired) electrons.